The number of aryl methyl sites for hydroxylation is 4. The highest BCUT2D eigenvalue weighted by molar-refractivity contribution is 7.98. The second kappa shape index (κ2) is 6.46. The molecule has 0 amide bonds. The van der Waals surface area contributed by atoms with Gasteiger partial charge in [0.05, 0.1) is 11.1 Å². The van der Waals surface area contributed by atoms with E-state index in [-0.39, 0.29) is 5.56 Å². The van der Waals surface area contributed by atoms with E-state index in [4.69, 9.17) is 9.51 Å². The molecular formula is C18H19N3O2S2. The number of thiophene rings is 1. The van der Waals surface area contributed by atoms with E-state index in [1.807, 2.05) is 13.8 Å². The van der Waals surface area contributed by atoms with Crippen LogP contribution in [-0.4, -0.2) is 14.7 Å². The Labute approximate surface area is 153 Å². The molecule has 0 saturated carbocycles. The van der Waals surface area contributed by atoms with E-state index >= 15 is 0 Å². The molecule has 0 atom stereocenters. The summed E-state index contributed by atoms with van der Waals surface area (Å²) < 4.78 is 6.97. The Morgan fingerprint density at radius 1 is 1.40 bits per heavy atom. The van der Waals surface area contributed by atoms with Crippen LogP contribution in [0.2, 0.25) is 0 Å². The van der Waals surface area contributed by atoms with Crippen LogP contribution in [0, 0.1) is 13.8 Å². The molecule has 0 unspecified atom stereocenters. The van der Waals surface area contributed by atoms with Gasteiger partial charge in [-0.2, -0.15) is 0 Å². The van der Waals surface area contributed by atoms with Crippen LogP contribution in [-0.2, 0) is 25.1 Å². The fourth-order valence-electron chi connectivity index (χ4n) is 3.30. The minimum atomic E-state index is 0.0607. The standard InChI is InChI=1S/C18H19N3O2S2/c1-4-8-21-17(22)15-12-6-5-7-14(12)25-16(15)19-18(21)24-9-13-10(2)20-23-11(13)3/h4H,1,5-9H2,2-3H3. The molecule has 0 spiro atoms. The average molecular weight is 374 g/mol. The quantitative estimate of drug-likeness (QED) is 0.384. The minimum absolute atomic E-state index is 0.0607. The number of rotatable bonds is 5. The van der Waals surface area contributed by atoms with Crippen LogP contribution in [0.4, 0.5) is 0 Å². The fraction of sp³-hybridized carbons (Fsp3) is 0.389. The van der Waals surface area contributed by atoms with Gasteiger partial charge in [-0.1, -0.05) is 23.0 Å². The number of nitrogens with zero attached hydrogens (tertiary/aromatic N) is 3. The molecule has 3 aromatic heterocycles. The van der Waals surface area contributed by atoms with Crippen molar-refractivity contribution in [2.45, 2.75) is 50.6 Å². The topological polar surface area (TPSA) is 60.9 Å². The summed E-state index contributed by atoms with van der Waals surface area (Å²) in [7, 11) is 0. The summed E-state index contributed by atoms with van der Waals surface area (Å²) in [6.07, 6.45) is 4.95. The molecule has 0 radical (unpaired) electrons. The normalized spacial score (nSPS) is 13.5. The van der Waals surface area contributed by atoms with E-state index in [1.165, 1.54) is 10.4 Å². The summed E-state index contributed by atoms with van der Waals surface area (Å²) in [5, 5.41) is 5.55. The molecule has 0 saturated heterocycles. The van der Waals surface area contributed by atoms with Crippen molar-refractivity contribution in [3.63, 3.8) is 0 Å². The molecule has 0 N–H and O–H groups in total. The van der Waals surface area contributed by atoms with Gasteiger partial charge in [-0.25, -0.2) is 4.98 Å². The zero-order valence-corrected chi connectivity index (χ0v) is 15.9. The highest BCUT2D eigenvalue weighted by Gasteiger charge is 2.23. The molecule has 0 aromatic carbocycles. The van der Waals surface area contributed by atoms with Gasteiger partial charge in [-0.15, -0.1) is 17.9 Å². The molecule has 1 aliphatic rings. The van der Waals surface area contributed by atoms with E-state index in [0.717, 1.165) is 51.7 Å². The number of hydrogen-bond donors (Lipinski definition) is 0. The first-order valence-corrected chi connectivity index (χ1v) is 10.1. The second-order valence-corrected chi connectivity index (χ2v) is 8.25. The zero-order chi connectivity index (χ0) is 17.6. The molecule has 4 rings (SSSR count). The van der Waals surface area contributed by atoms with E-state index in [2.05, 4.69) is 11.7 Å². The van der Waals surface area contributed by atoms with Crippen molar-refractivity contribution in [2.24, 2.45) is 0 Å². The highest BCUT2D eigenvalue weighted by atomic mass is 32.2. The second-order valence-electron chi connectivity index (χ2n) is 6.23. The van der Waals surface area contributed by atoms with E-state index in [0.29, 0.717) is 12.3 Å². The van der Waals surface area contributed by atoms with Crippen molar-refractivity contribution in [1.29, 1.82) is 0 Å². The van der Waals surface area contributed by atoms with Gasteiger partial charge in [0.2, 0.25) is 0 Å². The summed E-state index contributed by atoms with van der Waals surface area (Å²) in [6, 6.07) is 0. The predicted octanol–water partition coefficient (Wildman–Crippen LogP) is 4.03. The maximum absolute atomic E-state index is 13.1. The van der Waals surface area contributed by atoms with Crippen LogP contribution in [0.5, 0.6) is 0 Å². The monoisotopic (exact) mass is 373 g/mol. The maximum atomic E-state index is 13.1. The summed E-state index contributed by atoms with van der Waals surface area (Å²) in [4.78, 5) is 20.1. The molecule has 25 heavy (non-hydrogen) atoms. The van der Waals surface area contributed by atoms with Crippen molar-refractivity contribution in [2.75, 3.05) is 0 Å². The summed E-state index contributed by atoms with van der Waals surface area (Å²) >= 11 is 3.23. The fourth-order valence-corrected chi connectivity index (χ4v) is 5.77. The van der Waals surface area contributed by atoms with Crippen molar-refractivity contribution in [1.82, 2.24) is 14.7 Å². The molecule has 0 fully saturated rings. The van der Waals surface area contributed by atoms with Gasteiger partial charge in [0.1, 0.15) is 10.6 Å². The van der Waals surface area contributed by atoms with Gasteiger partial charge in [-0.05, 0) is 38.7 Å². The van der Waals surface area contributed by atoms with Crippen LogP contribution < -0.4 is 5.56 Å². The molecule has 5 nitrogen and oxygen atoms in total. The zero-order valence-electron chi connectivity index (χ0n) is 14.3. The van der Waals surface area contributed by atoms with Gasteiger partial charge >= 0.3 is 0 Å². The third-order valence-electron chi connectivity index (χ3n) is 4.63. The van der Waals surface area contributed by atoms with Crippen molar-refractivity contribution in [3.8, 4) is 0 Å². The Balaban J connectivity index is 1.78. The van der Waals surface area contributed by atoms with Crippen LogP contribution in [0.25, 0.3) is 10.2 Å². The Bertz CT molecular complexity index is 1010. The van der Waals surface area contributed by atoms with Crippen LogP contribution in [0.1, 0.15) is 33.9 Å². The first-order valence-electron chi connectivity index (χ1n) is 8.30. The summed E-state index contributed by atoms with van der Waals surface area (Å²) in [6.45, 7) is 8.11. The number of thioether (sulfide) groups is 1. The number of aromatic nitrogens is 3. The minimum Gasteiger partial charge on any atom is -0.361 e. The lowest BCUT2D eigenvalue weighted by Crippen LogP contribution is -2.22. The number of fused-ring (bicyclic) bond motifs is 3. The Morgan fingerprint density at radius 2 is 2.24 bits per heavy atom. The average Bonchev–Trinajstić information content (AvgIpc) is 3.24. The SMILES string of the molecule is C=CCn1c(SCc2c(C)noc2C)nc2sc3c(c2c1=O)CCC3. The Kier molecular flexibility index (Phi) is 4.29. The lowest BCUT2D eigenvalue weighted by Gasteiger charge is -2.10. The first kappa shape index (κ1) is 16.6. The third kappa shape index (κ3) is 2.75. The van der Waals surface area contributed by atoms with Crippen molar-refractivity contribution < 1.29 is 4.52 Å². The highest BCUT2D eigenvalue weighted by Crippen LogP contribution is 2.36. The van der Waals surface area contributed by atoms with Crippen LogP contribution in [0.3, 0.4) is 0 Å². The first-order chi connectivity index (χ1) is 12.1. The van der Waals surface area contributed by atoms with Gasteiger partial charge < -0.3 is 4.52 Å². The van der Waals surface area contributed by atoms with Gasteiger partial charge in [0.15, 0.2) is 5.16 Å². The smallest absolute Gasteiger partial charge is 0.263 e. The molecule has 3 heterocycles. The lowest BCUT2D eigenvalue weighted by atomic mass is 10.2. The van der Waals surface area contributed by atoms with Crippen molar-refractivity contribution >= 4 is 33.3 Å². The number of hydrogen-bond acceptors (Lipinski definition) is 6. The van der Waals surface area contributed by atoms with E-state index in [9.17, 15) is 4.79 Å². The van der Waals surface area contributed by atoms with Crippen LogP contribution >= 0.6 is 23.1 Å². The molecule has 7 heteroatoms. The largest absolute Gasteiger partial charge is 0.361 e. The maximum Gasteiger partial charge on any atom is 0.263 e. The molecule has 130 valence electrons. The molecule has 1 aliphatic carbocycles. The van der Waals surface area contributed by atoms with Gasteiger partial charge in [0, 0.05) is 22.7 Å². The third-order valence-corrected chi connectivity index (χ3v) is 6.82. The Morgan fingerprint density at radius 3 is 2.96 bits per heavy atom. The van der Waals surface area contributed by atoms with Gasteiger partial charge in [-0.3, -0.25) is 9.36 Å². The van der Waals surface area contributed by atoms with Gasteiger partial charge in [0.25, 0.3) is 5.56 Å². The Hall–Kier alpha value is -1.86. The van der Waals surface area contributed by atoms with E-state index in [1.54, 1.807) is 33.7 Å². The number of allylic oxidation sites excluding steroid dienone is 1. The molecule has 0 bridgehead atoms. The van der Waals surface area contributed by atoms with E-state index < -0.39 is 0 Å². The predicted molar refractivity (Wildman–Crippen MR) is 102 cm³/mol. The van der Waals surface area contributed by atoms with Crippen LogP contribution in [0.15, 0.2) is 27.1 Å². The molecule has 3 aromatic rings. The van der Waals surface area contributed by atoms with Crippen molar-refractivity contribution in [3.05, 3.63) is 50.5 Å². The summed E-state index contributed by atoms with van der Waals surface area (Å²) in [5.74, 6) is 1.50. The lowest BCUT2D eigenvalue weighted by molar-refractivity contribution is 0.392. The summed E-state index contributed by atoms with van der Waals surface area (Å²) in [5.41, 5.74) is 3.24. The molecular weight excluding hydrogens is 354 g/mol. The molecule has 0 aliphatic heterocycles.